The first-order valence-electron chi connectivity index (χ1n) is 12.5. The number of nitrogens with one attached hydrogen (secondary N) is 3. The van der Waals surface area contributed by atoms with Crippen molar-refractivity contribution in [1.82, 2.24) is 16.1 Å². The molecule has 0 aliphatic carbocycles. The number of hydrogen-bond acceptors (Lipinski definition) is 9. The van der Waals surface area contributed by atoms with Crippen molar-refractivity contribution in [3.05, 3.63) is 54.1 Å². The van der Waals surface area contributed by atoms with Gasteiger partial charge < -0.3 is 24.8 Å². The van der Waals surface area contributed by atoms with Crippen LogP contribution in [0.1, 0.15) is 24.8 Å². The van der Waals surface area contributed by atoms with E-state index in [0.29, 0.717) is 29.2 Å². The first-order valence-corrected chi connectivity index (χ1v) is 14.2. The standard InChI is InChI=1S/C26H36N4O9S/c1-37-20-7-5-18(6-8-20)16-23(26(33)28-13-15-40(27,35)36)29-25(32)19(17-24(31)30-34)4-3-14-39-22-11-9-21(38-2)10-12-22/h5-12,19,23,34H,3-4,13-17H2,1-2H3,(H,28,33)(H,29,32)(H,30,31)(H2,27,35,36)/t19-,23+/m1/s1. The molecular formula is C26H36N4O9S. The predicted molar refractivity (Wildman–Crippen MR) is 145 cm³/mol. The zero-order valence-electron chi connectivity index (χ0n) is 22.4. The molecule has 40 heavy (non-hydrogen) atoms. The van der Waals surface area contributed by atoms with E-state index >= 15 is 0 Å². The van der Waals surface area contributed by atoms with Gasteiger partial charge in [-0.15, -0.1) is 0 Å². The van der Waals surface area contributed by atoms with E-state index in [0.717, 1.165) is 0 Å². The highest BCUT2D eigenvalue weighted by atomic mass is 32.2. The summed E-state index contributed by atoms with van der Waals surface area (Å²) >= 11 is 0. The fourth-order valence-electron chi connectivity index (χ4n) is 3.72. The topological polar surface area (TPSA) is 195 Å². The average Bonchev–Trinajstić information content (AvgIpc) is 2.94. The molecule has 0 unspecified atom stereocenters. The van der Waals surface area contributed by atoms with Gasteiger partial charge in [-0.3, -0.25) is 19.6 Å². The molecule has 0 bridgehead atoms. The molecule has 0 heterocycles. The fourth-order valence-corrected chi connectivity index (χ4v) is 4.11. The molecular weight excluding hydrogens is 544 g/mol. The van der Waals surface area contributed by atoms with Crippen molar-refractivity contribution in [2.45, 2.75) is 31.7 Å². The maximum absolute atomic E-state index is 13.2. The summed E-state index contributed by atoms with van der Waals surface area (Å²) in [6.45, 7) is 0.00583. The van der Waals surface area contributed by atoms with Crippen molar-refractivity contribution in [3.8, 4) is 17.2 Å². The van der Waals surface area contributed by atoms with Crippen LogP contribution < -0.4 is 35.5 Å². The third-order valence-electron chi connectivity index (χ3n) is 5.87. The van der Waals surface area contributed by atoms with Gasteiger partial charge in [0, 0.05) is 25.3 Å². The molecule has 0 aliphatic heterocycles. The van der Waals surface area contributed by atoms with Gasteiger partial charge in [-0.25, -0.2) is 19.0 Å². The summed E-state index contributed by atoms with van der Waals surface area (Å²) in [5.74, 6) is -1.46. The molecule has 0 aromatic heterocycles. The summed E-state index contributed by atoms with van der Waals surface area (Å²) in [6.07, 6.45) is 0.369. The zero-order chi connectivity index (χ0) is 29.5. The van der Waals surface area contributed by atoms with E-state index in [4.69, 9.17) is 24.6 Å². The van der Waals surface area contributed by atoms with Crippen LogP contribution in [0, 0.1) is 5.92 Å². The molecule has 6 N–H and O–H groups in total. The van der Waals surface area contributed by atoms with Crippen LogP contribution in [-0.4, -0.2) is 70.5 Å². The van der Waals surface area contributed by atoms with Gasteiger partial charge in [0.15, 0.2) is 0 Å². The Bertz CT molecular complexity index is 1210. The van der Waals surface area contributed by atoms with Crippen LogP contribution in [-0.2, 0) is 30.8 Å². The maximum atomic E-state index is 13.2. The normalized spacial score (nSPS) is 12.5. The first-order chi connectivity index (χ1) is 19.0. The van der Waals surface area contributed by atoms with E-state index < -0.39 is 45.5 Å². The molecule has 220 valence electrons. The highest BCUT2D eigenvalue weighted by Gasteiger charge is 2.27. The smallest absolute Gasteiger partial charge is 0.244 e. The van der Waals surface area contributed by atoms with Crippen LogP contribution in [0.5, 0.6) is 17.2 Å². The second-order valence-corrected chi connectivity index (χ2v) is 10.6. The van der Waals surface area contributed by atoms with Gasteiger partial charge in [0.2, 0.25) is 27.7 Å². The third kappa shape index (κ3) is 11.9. The van der Waals surface area contributed by atoms with Crippen LogP contribution in [0.2, 0.25) is 0 Å². The number of carbonyl (C=O) groups is 3. The second kappa shape index (κ2) is 16.3. The zero-order valence-corrected chi connectivity index (χ0v) is 23.2. The number of ether oxygens (including phenoxy) is 3. The second-order valence-electron chi connectivity index (χ2n) is 8.87. The Hall–Kier alpha value is -3.88. The van der Waals surface area contributed by atoms with E-state index in [2.05, 4.69) is 10.6 Å². The third-order valence-corrected chi connectivity index (χ3v) is 6.64. The number of benzene rings is 2. The lowest BCUT2D eigenvalue weighted by molar-refractivity contribution is -0.136. The molecule has 0 radical (unpaired) electrons. The summed E-state index contributed by atoms with van der Waals surface area (Å²) in [7, 11) is -0.733. The van der Waals surface area contributed by atoms with Gasteiger partial charge in [0.25, 0.3) is 0 Å². The Balaban J connectivity index is 2.08. The van der Waals surface area contributed by atoms with Gasteiger partial charge >= 0.3 is 0 Å². The number of primary sulfonamides is 1. The number of carbonyl (C=O) groups excluding carboxylic acids is 3. The molecule has 0 saturated carbocycles. The maximum Gasteiger partial charge on any atom is 0.244 e. The average molecular weight is 581 g/mol. The molecule has 0 spiro atoms. The highest BCUT2D eigenvalue weighted by Crippen LogP contribution is 2.19. The molecule has 14 heteroatoms. The predicted octanol–water partition coefficient (Wildman–Crippen LogP) is 0.507. The van der Waals surface area contributed by atoms with Gasteiger partial charge in [-0.1, -0.05) is 12.1 Å². The fraction of sp³-hybridized carbons (Fsp3) is 0.423. The van der Waals surface area contributed by atoms with Gasteiger partial charge in [-0.2, -0.15) is 0 Å². The van der Waals surface area contributed by atoms with E-state index in [1.165, 1.54) is 12.6 Å². The van der Waals surface area contributed by atoms with Gasteiger partial charge in [0.05, 0.1) is 26.6 Å². The van der Waals surface area contributed by atoms with E-state index in [1.54, 1.807) is 55.6 Å². The molecule has 13 nitrogen and oxygen atoms in total. The first kappa shape index (κ1) is 32.3. The molecule has 2 atom stereocenters. The Morgan fingerprint density at radius 2 is 1.50 bits per heavy atom. The van der Waals surface area contributed by atoms with E-state index in [9.17, 15) is 22.8 Å². The SMILES string of the molecule is COc1ccc(C[C@H](NC(=O)[C@H](CCCOc2ccc(OC)cc2)CC(=O)NO)C(=O)NCCS(N)(=O)=O)cc1. The Morgan fingerprint density at radius 3 is 2.05 bits per heavy atom. The molecule has 0 fully saturated rings. The van der Waals surface area contributed by atoms with Crippen LogP contribution >= 0.6 is 0 Å². The minimum absolute atomic E-state index is 0.0798. The summed E-state index contributed by atoms with van der Waals surface area (Å²) < 4.78 is 38.4. The Morgan fingerprint density at radius 1 is 0.925 bits per heavy atom. The van der Waals surface area contributed by atoms with Crippen LogP contribution in [0.4, 0.5) is 0 Å². The molecule has 2 rings (SSSR count). The van der Waals surface area contributed by atoms with E-state index in [-0.39, 0.29) is 32.4 Å². The number of hydrogen-bond donors (Lipinski definition) is 5. The Kier molecular flexibility index (Phi) is 13.2. The number of methoxy groups -OCH3 is 2. The largest absolute Gasteiger partial charge is 0.497 e. The summed E-state index contributed by atoms with van der Waals surface area (Å²) in [6, 6.07) is 12.7. The van der Waals surface area contributed by atoms with Gasteiger partial charge in [-0.05, 0) is 54.8 Å². The van der Waals surface area contributed by atoms with Crippen molar-refractivity contribution in [1.29, 1.82) is 0 Å². The number of nitrogens with two attached hydrogens (primary N) is 1. The molecule has 0 aliphatic rings. The highest BCUT2D eigenvalue weighted by molar-refractivity contribution is 7.89. The number of hydroxylamine groups is 1. The molecule has 2 aromatic rings. The minimum atomic E-state index is -3.80. The lowest BCUT2D eigenvalue weighted by Crippen LogP contribution is -2.50. The number of sulfonamides is 1. The lowest BCUT2D eigenvalue weighted by Gasteiger charge is -2.22. The van der Waals surface area contributed by atoms with E-state index in [1.807, 2.05) is 0 Å². The number of rotatable bonds is 17. The van der Waals surface area contributed by atoms with Crippen LogP contribution in [0.15, 0.2) is 48.5 Å². The monoisotopic (exact) mass is 580 g/mol. The number of amides is 3. The minimum Gasteiger partial charge on any atom is -0.497 e. The van der Waals surface area contributed by atoms with Crippen molar-refractivity contribution in [2.24, 2.45) is 11.1 Å². The Labute approximate surface area is 233 Å². The van der Waals surface area contributed by atoms with Crippen molar-refractivity contribution in [3.63, 3.8) is 0 Å². The van der Waals surface area contributed by atoms with Crippen molar-refractivity contribution >= 4 is 27.7 Å². The molecule has 0 saturated heterocycles. The summed E-state index contributed by atoms with van der Waals surface area (Å²) in [4.78, 5) is 38.0. The van der Waals surface area contributed by atoms with Crippen molar-refractivity contribution < 1.29 is 42.2 Å². The van der Waals surface area contributed by atoms with Crippen LogP contribution in [0.3, 0.4) is 0 Å². The molecule has 2 aromatic carbocycles. The lowest BCUT2D eigenvalue weighted by atomic mass is 9.96. The van der Waals surface area contributed by atoms with Gasteiger partial charge in [0.1, 0.15) is 23.3 Å². The van der Waals surface area contributed by atoms with Crippen LogP contribution in [0.25, 0.3) is 0 Å². The summed E-state index contributed by atoms with van der Waals surface area (Å²) in [5.41, 5.74) is 2.22. The quantitative estimate of drug-likeness (QED) is 0.101. The summed E-state index contributed by atoms with van der Waals surface area (Å²) in [5, 5.41) is 19.1. The molecule has 3 amide bonds. The van der Waals surface area contributed by atoms with Crippen molar-refractivity contribution in [2.75, 3.05) is 33.1 Å².